The highest BCUT2D eigenvalue weighted by Crippen LogP contribution is 2.24. The standard InChI is InChI=1S/C10H10ClNO4/c1-16-10(15)6-2-3-7(8(13)4-6)12-9(14)5-11/h2-4,13H,5H2,1H3,(H,12,14). The molecule has 0 heterocycles. The van der Waals surface area contributed by atoms with E-state index >= 15 is 0 Å². The quantitative estimate of drug-likeness (QED) is 0.477. The van der Waals surface area contributed by atoms with Crippen LogP contribution in [-0.4, -0.2) is 30.0 Å². The molecule has 86 valence electrons. The summed E-state index contributed by atoms with van der Waals surface area (Å²) in [6, 6.07) is 4.02. The first-order valence-electron chi connectivity index (χ1n) is 4.35. The molecular weight excluding hydrogens is 234 g/mol. The highest BCUT2D eigenvalue weighted by molar-refractivity contribution is 6.29. The summed E-state index contributed by atoms with van der Waals surface area (Å²) in [6.07, 6.45) is 0. The molecular formula is C10H10ClNO4. The lowest BCUT2D eigenvalue weighted by molar-refractivity contribution is -0.113. The minimum Gasteiger partial charge on any atom is -0.506 e. The van der Waals surface area contributed by atoms with E-state index in [0.717, 1.165) is 0 Å². The Morgan fingerprint density at radius 3 is 2.69 bits per heavy atom. The van der Waals surface area contributed by atoms with Crippen molar-refractivity contribution in [3.63, 3.8) is 0 Å². The Kier molecular flexibility index (Phi) is 4.13. The normalized spacial score (nSPS) is 9.62. The molecule has 0 aromatic heterocycles. The first kappa shape index (κ1) is 12.3. The molecule has 0 unspecified atom stereocenters. The van der Waals surface area contributed by atoms with Gasteiger partial charge in [-0.1, -0.05) is 0 Å². The summed E-state index contributed by atoms with van der Waals surface area (Å²) in [6.45, 7) is 0. The van der Waals surface area contributed by atoms with Gasteiger partial charge in [0.05, 0.1) is 18.4 Å². The Morgan fingerprint density at radius 2 is 2.19 bits per heavy atom. The molecule has 0 radical (unpaired) electrons. The number of halogens is 1. The fraction of sp³-hybridized carbons (Fsp3) is 0.200. The van der Waals surface area contributed by atoms with E-state index in [2.05, 4.69) is 10.1 Å². The van der Waals surface area contributed by atoms with Gasteiger partial charge in [0.25, 0.3) is 0 Å². The minimum atomic E-state index is -0.564. The van der Waals surface area contributed by atoms with Crippen molar-refractivity contribution in [2.45, 2.75) is 0 Å². The van der Waals surface area contributed by atoms with Gasteiger partial charge in [-0.3, -0.25) is 4.79 Å². The van der Waals surface area contributed by atoms with Gasteiger partial charge in [0.1, 0.15) is 11.6 Å². The lowest BCUT2D eigenvalue weighted by atomic mass is 10.2. The predicted octanol–water partition coefficient (Wildman–Crippen LogP) is 1.36. The van der Waals surface area contributed by atoms with Crippen molar-refractivity contribution in [2.24, 2.45) is 0 Å². The van der Waals surface area contributed by atoms with Gasteiger partial charge < -0.3 is 15.2 Å². The molecule has 0 saturated heterocycles. The average molecular weight is 244 g/mol. The van der Waals surface area contributed by atoms with Crippen LogP contribution in [-0.2, 0) is 9.53 Å². The van der Waals surface area contributed by atoms with E-state index in [1.54, 1.807) is 0 Å². The third-order valence-electron chi connectivity index (χ3n) is 1.81. The number of benzene rings is 1. The van der Waals surface area contributed by atoms with Crippen molar-refractivity contribution in [1.82, 2.24) is 0 Å². The largest absolute Gasteiger partial charge is 0.506 e. The van der Waals surface area contributed by atoms with Crippen molar-refractivity contribution >= 4 is 29.2 Å². The third-order valence-corrected chi connectivity index (χ3v) is 2.06. The zero-order valence-electron chi connectivity index (χ0n) is 8.49. The summed E-state index contributed by atoms with van der Waals surface area (Å²) in [5.74, 6) is -1.44. The average Bonchev–Trinajstić information content (AvgIpc) is 2.30. The number of anilines is 1. The number of ether oxygens (including phenoxy) is 1. The topological polar surface area (TPSA) is 75.6 Å². The van der Waals surface area contributed by atoms with Crippen LogP contribution >= 0.6 is 11.6 Å². The molecule has 1 aromatic rings. The van der Waals surface area contributed by atoms with Gasteiger partial charge in [-0.2, -0.15) is 0 Å². The highest BCUT2D eigenvalue weighted by atomic mass is 35.5. The van der Waals surface area contributed by atoms with Crippen molar-refractivity contribution in [1.29, 1.82) is 0 Å². The van der Waals surface area contributed by atoms with E-state index < -0.39 is 11.9 Å². The number of carbonyl (C=O) groups excluding carboxylic acids is 2. The number of esters is 1. The van der Waals surface area contributed by atoms with Crippen molar-refractivity contribution < 1.29 is 19.4 Å². The number of phenolic OH excluding ortho intramolecular Hbond substituents is 1. The van der Waals surface area contributed by atoms with Crippen molar-refractivity contribution in [3.8, 4) is 5.75 Å². The second-order valence-corrected chi connectivity index (χ2v) is 3.17. The van der Waals surface area contributed by atoms with Crippen LogP contribution in [0.5, 0.6) is 5.75 Å². The van der Waals surface area contributed by atoms with Gasteiger partial charge in [0.15, 0.2) is 0 Å². The monoisotopic (exact) mass is 243 g/mol. The summed E-state index contributed by atoms with van der Waals surface area (Å²) in [5, 5.41) is 11.9. The molecule has 1 rings (SSSR count). The van der Waals surface area contributed by atoms with Crippen LogP contribution < -0.4 is 5.32 Å². The molecule has 0 spiro atoms. The van der Waals surface area contributed by atoms with Gasteiger partial charge in [0, 0.05) is 0 Å². The Balaban J connectivity index is 2.91. The minimum absolute atomic E-state index is 0.193. The number of nitrogens with one attached hydrogen (secondary N) is 1. The fourth-order valence-electron chi connectivity index (χ4n) is 1.07. The van der Waals surface area contributed by atoms with E-state index in [4.69, 9.17) is 11.6 Å². The third kappa shape index (κ3) is 2.87. The maximum Gasteiger partial charge on any atom is 0.337 e. The zero-order chi connectivity index (χ0) is 12.1. The summed E-state index contributed by atoms with van der Waals surface area (Å²) < 4.78 is 4.47. The molecule has 0 aliphatic carbocycles. The summed E-state index contributed by atoms with van der Waals surface area (Å²) in [4.78, 5) is 22.1. The number of rotatable bonds is 3. The van der Waals surface area contributed by atoms with Crippen LogP contribution in [0, 0.1) is 0 Å². The number of alkyl halides is 1. The molecule has 0 fully saturated rings. The first-order chi connectivity index (χ1) is 7.58. The number of amides is 1. The molecule has 6 heteroatoms. The van der Waals surface area contributed by atoms with E-state index in [1.807, 2.05) is 0 Å². The van der Waals surface area contributed by atoms with Crippen LogP contribution in [0.4, 0.5) is 5.69 Å². The Hall–Kier alpha value is -1.75. The number of methoxy groups -OCH3 is 1. The van der Waals surface area contributed by atoms with E-state index in [9.17, 15) is 14.7 Å². The fourth-order valence-corrected chi connectivity index (χ4v) is 1.13. The molecule has 0 bridgehead atoms. The van der Waals surface area contributed by atoms with E-state index in [0.29, 0.717) is 0 Å². The molecule has 16 heavy (non-hydrogen) atoms. The molecule has 5 nitrogen and oxygen atoms in total. The van der Waals surface area contributed by atoms with Crippen LogP contribution in [0.2, 0.25) is 0 Å². The summed E-state index contributed by atoms with van der Waals surface area (Å²) in [5.41, 5.74) is 0.391. The van der Waals surface area contributed by atoms with Gasteiger partial charge >= 0.3 is 5.97 Å². The maximum absolute atomic E-state index is 11.1. The second kappa shape index (κ2) is 5.37. The van der Waals surface area contributed by atoms with E-state index in [-0.39, 0.29) is 22.9 Å². The molecule has 0 aliphatic heterocycles. The Labute approximate surface area is 97.0 Å². The van der Waals surface area contributed by atoms with Crippen LogP contribution in [0.25, 0.3) is 0 Å². The molecule has 0 saturated carbocycles. The first-order valence-corrected chi connectivity index (χ1v) is 4.89. The molecule has 1 aromatic carbocycles. The Bertz CT molecular complexity index is 419. The van der Waals surface area contributed by atoms with Crippen LogP contribution in [0.1, 0.15) is 10.4 Å². The molecule has 1 amide bonds. The number of hydrogen-bond acceptors (Lipinski definition) is 4. The lowest BCUT2D eigenvalue weighted by Crippen LogP contribution is -2.13. The molecule has 2 N–H and O–H groups in total. The predicted molar refractivity (Wildman–Crippen MR) is 58.8 cm³/mol. The van der Waals surface area contributed by atoms with Gasteiger partial charge in [-0.05, 0) is 18.2 Å². The highest BCUT2D eigenvalue weighted by Gasteiger charge is 2.10. The SMILES string of the molecule is COC(=O)c1ccc(NC(=O)CCl)c(O)c1. The second-order valence-electron chi connectivity index (χ2n) is 2.91. The van der Waals surface area contributed by atoms with Crippen LogP contribution in [0.15, 0.2) is 18.2 Å². The number of hydrogen-bond donors (Lipinski definition) is 2. The van der Waals surface area contributed by atoms with Crippen molar-refractivity contribution in [3.05, 3.63) is 23.8 Å². The maximum atomic E-state index is 11.1. The lowest BCUT2D eigenvalue weighted by Gasteiger charge is -2.07. The van der Waals surface area contributed by atoms with E-state index in [1.165, 1.54) is 25.3 Å². The van der Waals surface area contributed by atoms with Gasteiger partial charge in [-0.15, -0.1) is 11.6 Å². The van der Waals surface area contributed by atoms with Crippen molar-refractivity contribution in [2.75, 3.05) is 18.3 Å². The van der Waals surface area contributed by atoms with Crippen LogP contribution in [0.3, 0.4) is 0 Å². The zero-order valence-corrected chi connectivity index (χ0v) is 9.25. The number of carbonyl (C=O) groups is 2. The number of phenols is 1. The molecule has 0 atom stereocenters. The Morgan fingerprint density at radius 1 is 1.50 bits per heavy atom. The van der Waals surface area contributed by atoms with Gasteiger partial charge in [-0.25, -0.2) is 4.79 Å². The smallest absolute Gasteiger partial charge is 0.337 e. The summed E-state index contributed by atoms with van der Waals surface area (Å²) >= 11 is 5.29. The number of aromatic hydroxyl groups is 1. The summed E-state index contributed by atoms with van der Waals surface area (Å²) in [7, 11) is 1.24. The van der Waals surface area contributed by atoms with Gasteiger partial charge in [0.2, 0.25) is 5.91 Å². The molecule has 0 aliphatic rings.